The summed E-state index contributed by atoms with van der Waals surface area (Å²) in [4.78, 5) is 30.6. The molecule has 1 N–H and O–H groups in total. The molecule has 0 bridgehead atoms. The highest BCUT2D eigenvalue weighted by atomic mass is 32.2. The fraction of sp³-hybridized carbons (Fsp3) is 0.240. The number of hydrogen-bond acceptors (Lipinski definition) is 5. The summed E-state index contributed by atoms with van der Waals surface area (Å²) in [5.74, 6) is 0.0563. The summed E-state index contributed by atoms with van der Waals surface area (Å²) in [6.07, 6.45) is 0.843. The van der Waals surface area contributed by atoms with Crippen molar-refractivity contribution in [3.05, 3.63) is 86.5 Å². The number of carbonyl (C=O) groups excluding carboxylic acids is 1. The van der Waals surface area contributed by atoms with Gasteiger partial charge in [-0.2, -0.15) is 0 Å². The van der Waals surface area contributed by atoms with E-state index in [1.165, 1.54) is 34.2 Å². The highest BCUT2D eigenvalue weighted by Gasteiger charge is 2.15. The van der Waals surface area contributed by atoms with Crippen LogP contribution in [0.4, 0.5) is 5.69 Å². The first-order chi connectivity index (χ1) is 15.5. The second kappa shape index (κ2) is 9.71. The Balaban J connectivity index is 1.59. The van der Waals surface area contributed by atoms with Crippen LogP contribution in [0.25, 0.3) is 10.2 Å². The van der Waals surface area contributed by atoms with E-state index in [4.69, 9.17) is 4.98 Å². The summed E-state index contributed by atoms with van der Waals surface area (Å²) in [6.45, 7) is 6.62. The number of rotatable bonds is 7. The number of aryl methyl sites for hydroxylation is 3. The molecule has 4 aromatic rings. The molecule has 0 unspecified atom stereocenters. The minimum absolute atomic E-state index is 0.0672. The number of amides is 1. The molecule has 0 saturated heterocycles. The Labute approximate surface area is 195 Å². The van der Waals surface area contributed by atoms with Crippen molar-refractivity contribution < 1.29 is 4.79 Å². The zero-order valence-electron chi connectivity index (χ0n) is 18.3. The first kappa shape index (κ1) is 22.3. The number of aromatic nitrogens is 2. The maximum atomic E-state index is 13.2. The van der Waals surface area contributed by atoms with E-state index >= 15 is 0 Å². The topological polar surface area (TPSA) is 64.0 Å². The largest absolute Gasteiger partial charge is 0.325 e. The van der Waals surface area contributed by atoms with E-state index in [-0.39, 0.29) is 17.2 Å². The third kappa shape index (κ3) is 4.79. The Morgan fingerprint density at radius 2 is 1.94 bits per heavy atom. The van der Waals surface area contributed by atoms with Crippen LogP contribution in [-0.2, 0) is 17.8 Å². The lowest BCUT2D eigenvalue weighted by Crippen LogP contribution is -2.24. The summed E-state index contributed by atoms with van der Waals surface area (Å²) < 4.78 is 2.32. The quantitative estimate of drug-likeness (QED) is 0.294. The lowest BCUT2D eigenvalue weighted by Gasteiger charge is -2.14. The Hall–Kier alpha value is -2.90. The van der Waals surface area contributed by atoms with Crippen LogP contribution in [0.1, 0.15) is 29.2 Å². The van der Waals surface area contributed by atoms with Crippen molar-refractivity contribution in [2.45, 2.75) is 38.9 Å². The predicted octanol–water partition coefficient (Wildman–Crippen LogP) is 5.42. The first-order valence-electron chi connectivity index (χ1n) is 10.5. The van der Waals surface area contributed by atoms with Crippen molar-refractivity contribution >= 4 is 44.9 Å². The van der Waals surface area contributed by atoms with E-state index in [9.17, 15) is 9.59 Å². The fourth-order valence-corrected chi connectivity index (χ4v) is 5.10. The van der Waals surface area contributed by atoms with Gasteiger partial charge >= 0.3 is 0 Å². The maximum Gasteiger partial charge on any atom is 0.272 e. The molecule has 0 spiro atoms. The Kier molecular flexibility index (Phi) is 6.77. The third-order valence-electron chi connectivity index (χ3n) is 5.45. The molecule has 0 saturated carbocycles. The molecule has 2 aromatic carbocycles. The van der Waals surface area contributed by atoms with Crippen molar-refractivity contribution in [3.8, 4) is 0 Å². The van der Waals surface area contributed by atoms with E-state index < -0.39 is 0 Å². The van der Waals surface area contributed by atoms with Gasteiger partial charge in [-0.1, -0.05) is 55.1 Å². The molecule has 0 fully saturated rings. The van der Waals surface area contributed by atoms with Crippen LogP contribution < -0.4 is 10.9 Å². The predicted molar refractivity (Wildman–Crippen MR) is 134 cm³/mol. The van der Waals surface area contributed by atoms with Gasteiger partial charge in [-0.3, -0.25) is 14.2 Å². The average molecular weight is 464 g/mol. The van der Waals surface area contributed by atoms with Crippen molar-refractivity contribution in [1.82, 2.24) is 9.55 Å². The van der Waals surface area contributed by atoms with E-state index in [1.807, 2.05) is 41.8 Å². The first-order valence-corrected chi connectivity index (χ1v) is 12.4. The van der Waals surface area contributed by atoms with Gasteiger partial charge in [0.1, 0.15) is 4.70 Å². The molecule has 5 nitrogen and oxygen atoms in total. The molecular formula is C25H25N3O2S2. The van der Waals surface area contributed by atoms with Gasteiger partial charge in [0, 0.05) is 5.69 Å². The summed E-state index contributed by atoms with van der Waals surface area (Å²) >= 11 is 2.69. The number of hydrogen-bond donors (Lipinski definition) is 1. The van der Waals surface area contributed by atoms with Gasteiger partial charge in [0.2, 0.25) is 5.91 Å². The van der Waals surface area contributed by atoms with Crippen LogP contribution in [0.15, 0.2) is 63.9 Å². The number of anilines is 1. The molecule has 0 aliphatic rings. The normalized spacial score (nSPS) is 11.1. The van der Waals surface area contributed by atoms with Crippen LogP contribution in [0.2, 0.25) is 0 Å². The fourth-order valence-electron chi connectivity index (χ4n) is 3.52. The van der Waals surface area contributed by atoms with Crippen LogP contribution >= 0.6 is 23.1 Å². The van der Waals surface area contributed by atoms with Gasteiger partial charge in [0.05, 0.1) is 17.8 Å². The van der Waals surface area contributed by atoms with Crippen LogP contribution in [0, 0.1) is 13.8 Å². The van der Waals surface area contributed by atoms with Crippen molar-refractivity contribution in [3.63, 3.8) is 0 Å². The van der Waals surface area contributed by atoms with Gasteiger partial charge < -0.3 is 5.32 Å². The Morgan fingerprint density at radius 1 is 1.12 bits per heavy atom. The smallest absolute Gasteiger partial charge is 0.272 e. The summed E-state index contributed by atoms with van der Waals surface area (Å²) in [6, 6.07) is 15.9. The molecule has 0 aliphatic heterocycles. The van der Waals surface area contributed by atoms with Crippen LogP contribution in [0.5, 0.6) is 0 Å². The highest BCUT2D eigenvalue weighted by Crippen LogP contribution is 2.23. The number of thioether (sulfide) groups is 1. The molecule has 32 heavy (non-hydrogen) atoms. The molecule has 0 atom stereocenters. The number of para-hydroxylation sites is 1. The van der Waals surface area contributed by atoms with E-state index in [0.717, 1.165) is 23.2 Å². The summed E-state index contributed by atoms with van der Waals surface area (Å²) in [7, 11) is 0. The number of nitrogens with zero attached hydrogens (tertiary/aromatic N) is 2. The minimum Gasteiger partial charge on any atom is -0.325 e. The van der Waals surface area contributed by atoms with Crippen LogP contribution in [0.3, 0.4) is 0 Å². The van der Waals surface area contributed by atoms with Gasteiger partial charge in [0.15, 0.2) is 5.16 Å². The Bertz CT molecular complexity index is 1340. The molecule has 4 rings (SSSR count). The van der Waals surface area contributed by atoms with Crippen molar-refractivity contribution in [1.29, 1.82) is 0 Å². The minimum atomic E-state index is -0.117. The number of benzene rings is 2. The highest BCUT2D eigenvalue weighted by molar-refractivity contribution is 7.99. The molecule has 7 heteroatoms. The zero-order chi connectivity index (χ0) is 22.7. The summed E-state index contributed by atoms with van der Waals surface area (Å²) in [5, 5.41) is 5.42. The van der Waals surface area contributed by atoms with E-state index in [1.54, 1.807) is 4.57 Å². The van der Waals surface area contributed by atoms with Crippen molar-refractivity contribution in [2.24, 2.45) is 0 Å². The van der Waals surface area contributed by atoms with Crippen molar-refractivity contribution in [2.75, 3.05) is 11.1 Å². The second-order valence-corrected chi connectivity index (χ2v) is 9.55. The number of nitrogens with one attached hydrogen (secondary N) is 1. The second-order valence-electron chi connectivity index (χ2n) is 7.69. The van der Waals surface area contributed by atoms with Gasteiger partial charge in [-0.05, 0) is 60.0 Å². The lowest BCUT2D eigenvalue weighted by molar-refractivity contribution is -0.113. The molecule has 1 amide bonds. The van der Waals surface area contributed by atoms with Gasteiger partial charge in [0.25, 0.3) is 5.56 Å². The monoisotopic (exact) mass is 463 g/mol. The number of carbonyl (C=O) groups is 1. The number of fused-ring (bicyclic) bond motifs is 1. The molecule has 0 radical (unpaired) electrons. The molecular weight excluding hydrogens is 438 g/mol. The average Bonchev–Trinajstić information content (AvgIpc) is 3.26. The summed E-state index contributed by atoms with van der Waals surface area (Å²) in [5.41, 5.74) is 5.97. The Morgan fingerprint density at radius 3 is 2.72 bits per heavy atom. The van der Waals surface area contributed by atoms with Crippen LogP contribution in [-0.4, -0.2) is 21.2 Å². The van der Waals surface area contributed by atoms with E-state index in [0.29, 0.717) is 21.9 Å². The van der Waals surface area contributed by atoms with Gasteiger partial charge in [-0.25, -0.2) is 4.98 Å². The molecule has 164 valence electrons. The third-order valence-corrected chi connectivity index (χ3v) is 7.32. The molecule has 0 aliphatic carbocycles. The number of thiophene rings is 1. The lowest BCUT2D eigenvalue weighted by atomic mass is 10.1. The SMILES string of the molecule is CCc1ccccc1NC(=O)CSc1nc2ccsc2c(=O)n1Cc1ccc(C)c(C)c1. The molecule has 2 heterocycles. The zero-order valence-corrected chi connectivity index (χ0v) is 20.0. The molecule has 2 aromatic heterocycles. The van der Waals surface area contributed by atoms with Gasteiger partial charge in [-0.15, -0.1) is 11.3 Å². The maximum absolute atomic E-state index is 13.2. The standard InChI is InChI=1S/C25H25N3O2S2/c1-4-19-7-5-6-8-20(19)26-22(29)15-32-25-27-21-11-12-31-23(21)24(30)28(25)14-18-10-9-16(2)17(3)13-18/h5-13H,4,14-15H2,1-3H3,(H,26,29). The van der Waals surface area contributed by atoms with E-state index in [2.05, 4.69) is 38.2 Å².